The molecule has 0 bridgehead atoms. The normalized spacial score (nSPS) is 14.1. The minimum absolute atomic E-state index is 0.0326. The zero-order valence-electron chi connectivity index (χ0n) is 11.3. The number of amides is 1. The number of nitrogens with one attached hydrogen (secondary N) is 1. The van der Waals surface area contributed by atoms with Crippen molar-refractivity contribution in [3.8, 4) is 0 Å². The molecule has 0 aliphatic rings. The summed E-state index contributed by atoms with van der Waals surface area (Å²) >= 11 is 0. The van der Waals surface area contributed by atoms with Crippen molar-refractivity contribution in [1.82, 2.24) is 5.32 Å². The Hall–Kier alpha value is -1.53. The van der Waals surface area contributed by atoms with Crippen LogP contribution >= 0.6 is 0 Å². The van der Waals surface area contributed by atoms with Crippen LogP contribution < -0.4 is 5.32 Å². The lowest BCUT2D eigenvalue weighted by Gasteiger charge is -2.29. The van der Waals surface area contributed by atoms with Crippen molar-refractivity contribution in [3.63, 3.8) is 0 Å². The van der Waals surface area contributed by atoms with Gasteiger partial charge in [-0.25, -0.2) is 8.78 Å². The fourth-order valence-corrected chi connectivity index (χ4v) is 1.72. The standard InChI is InChI=1S/C14H19F2NO3/c1-14(10-18,11-5-3-2-4-6-11)17-13(19)7-8-20-9-12(15)16/h2-6,12,18H,7-10H2,1H3,(H,17,19). The molecule has 2 N–H and O–H groups in total. The summed E-state index contributed by atoms with van der Waals surface area (Å²) in [5.41, 5.74) is -0.134. The molecule has 0 aromatic heterocycles. The Kier molecular flexibility index (Phi) is 6.54. The molecule has 0 fully saturated rings. The van der Waals surface area contributed by atoms with Crippen molar-refractivity contribution in [2.24, 2.45) is 0 Å². The summed E-state index contributed by atoms with van der Waals surface area (Å²) in [5, 5.41) is 12.2. The first-order chi connectivity index (χ1) is 9.48. The van der Waals surface area contributed by atoms with Gasteiger partial charge in [-0.1, -0.05) is 30.3 Å². The van der Waals surface area contributed by atoms with Crippen LogP contribution in [0.25, 0.3) is 0 Å². The molecular formula is C14H19F2NO3. The predicted octanol–water partition coefficient (Wildman–Crippen LogP) is 1.68. The van der Waals surface area contributed by atoms with Gasteiger partial charge >= 0.3 is 0 Å². The third kappa shape index (κ3) is 5.22. The van der Waals surface area contributed by atoms with Crippen LogP contribution in [0.15, 0.2) is 30.3 Å². The quantitative estimate of drug-likeness (QED) is 0.715. The van der Waals surface area contributed by atoms with Crippen LogP contribution in [0, 0.1) is 0 Å². The van der Waals surface area contributed by atoms with E-state index >= 15 is 0 Å². The van der Waals surface area contributed by atoms with Crippen molar-refractivity contribution >= 4 is 5.91 Å². The number of benzene rings is 1. The number of hydrogen-bond donors (Lipinski definition) is 2. The average Bonchev–Trinajstić information content (AvgIpc) is 2.44. The van der Waals surface area contributed by atoms with E-state index in [4.69, 9.17) is 0 Å². The Labute approximate surface area is 116 Å². The van der Waals surface area contributed by atoms with Gasteiger partial charge in [-0.3, -0.25) is 4.79 Å². The lowest BCUT2D eigenvalue weighted by atomic mass is 9.93. The van der Waals surface area contributed by atoms with Crippen LogP contribution in [0.4, 0.5) is 8.78 Å². The average molecular weight is 287 g/mol. The van der Waals surface area contributed by atoms with E-state index in [9.17, 15) is 18.7 Å². The molecule has 1 aromatic rings. The second-order valence-corrected chi connectivity index (χ2v) is 4.62. The highest BCUT2D eigenvalue weighted by Crippen LogP contribution is 2.19. The molecule has 112 valence electrons. The van der Waals surface area contributed by atoms with Crippen LogP contribution in [0.5, 0.6) is 0 Å². The van der Waals surface area contributed by atoms with Gasteiger partial charge in [-0.2, -0.15) is 0 Å². The van der Waals surface area contributed by atoms with Gasteiger partial charge in [0, 0.05) is 6.42 Å². The highest BCUT2D eigenvalue weighted by molar-refractivity contribution is 5.77. The SMILES string of the molecule is CC(CO)(NC(=O)CCOCC(F)F)c1ccccc1. The van der Waals surface area contributed by atoms with Crippen molar-refractivity contribution < 1.29 is 23.4 Å². The topological polar surface area (TPSA) is 58.6 Å². The minimum atomic E-state index is -2.54. The van der Waals surface area contributed by atoms with E-state index in [1.807, 2.05) is 6.07 Å². The molecule has 1 aromatic carbocycles. The summed E-state index contributed by atoms with van der Waals surface area (Å²) in [6.07, 6.45) is -2.57. The van der Waals surface area contributed by atoms with E-state index in [0.717, 1.165) is 5.56 Å². The van der Waals surface area contributed by atoms with E-state index in [-0.39, 0.29) is 25.5 Å². The Bertz CT molecular complexity index is 414. The predicted molar refractivity (Wildman–Crippen MR) is 70.5 cm³/mol. The maximum absolute atomic E-state index is 11.8. The molecule has 0 aliphatic carbocycles. The molecule has 0 radical (unpaired) electrons. The lowest BCUT2D eigenvalue weighted by molar-refractivity contribution is -0.125. The second-order valence-electron chi connectivity index (χ2n) is 4.62. The van der Waals surface area contributed by atoms with Crippen molar-refractivity contribution in [1.29, 1.82) is 0 Å². The van der Waals surface area contributed by atoms with Gasteiger partial charge in [-0.15, -0.1) is 0 Å². The number of alkyl halides is 2. The Morgan fingerprint density at radius 1 is 1.40 bits per heavy atom. The van der Waals surface area contributed by atoms with E-state index in [0.29, 0.717) is 0 Å². The largest absolute Gasteiger partial charge is 0.394 e. The zero-order valence-corrected chi connectivity index (χ0v) is 11.3. The summed E-state index contributed by atoms with van der Waals surface area (Å²) in [6, 6.07) is 9.04. The molecule has 1 unspecified atom stereocenters. The summed E-state index contributed by atoms with van der Waals surface area (Å²) in [6.45, 7) is 0.677. The van der Waals surface area contributed by atoms with Gasteiger partial charge in [0.1, 0.15) is 6.61 Å². The molecule has 0 heterocycles. The van der Waals surface area contributed by atoms with Crippen LogP contribution in [0.2, 0.25) is 0 Å². The third-order valence-corrected chi connectivity index (χ3v) is 2.86. The van der Waals surface area contributed by atoms with Crippen LogP contribution in [-0.4, -0.2) is 37.3 Å². The second kappa shape index (κ2) is 7.91. The van der Waals surface area contributed by atoms with E-state index in [2.05, 4.69) is 10.1 Å². The van der Waals surface area contributed by atoms with E-state index < -0.39 is 18.6 Å². The smallest absolute Gasteiger partial charge is 0.261 e. The minimum Gasteiger partial charge on any atom is -0.394 e. The van der Waals surface area contributed by atoms with E-state index in [1.54, 1.807) is 31.2 Å². The molecule has 0 spiro atoms. The molecular weight excluding hydrogens is 268 g/mol. The number of ether oxygens (including phenoxy) is 1. The number of rotatable bonds is 8. The molecule has 1 atom stereocenters. The fraction of sp³-hybridized carbons (Fsp3) is 0.500. The number of carbonyl (C=O) groups is 1. The molecule has 0 saturated carbocycles. The number of aliphatic hydroxyl groups excluding tert-OH is 1. The number of aliphatic hydroxyl groups is 1. The van der Waals surface area contributed by atoms with Crippen molar-refractivity contribution in [2.75, 3.05) is 19.8 Å². The van der Waals surface area contributed by atoms with Crippen LogP contribution in [0.1, 0.15) is 18.9 Å². The molecule has 1 amide bonds. The Morgan fingerprint density at radius 2 is 2.05 bits per heavy atom. The highest BCUT2D eigenvalue weighted by Gasteiger charge is 2.27. The molecule has 0 aliphatic heterocycles. The number of halogens is 2. The van der Waals surface area contributed by atoms with Crippen molar-refractivity contribution in [2.45, 2.75) is 25.3 Å². The fourth-order valence-electron chi connectivity index (χ4n) is 1.72. The molecule has 1 rings (SSSR count). The molecule has 20 heavy (non-hydrogen) atoms. The highest BCUT2D eigenvalue weighted by atomic mass is 19.3. The Balaban J connectivity index is 2.49. The third-order valence-electron chi connectivity index (χ3n) is 2.86. The van der Waals surface area contributed by atoms with Gasteiger partial charge < -0.3 is 15.2 Å². The molecule has 6 heteroatoms. The van der Waals surface area contributed by atoms with Gasteiger partial charge in [0.25, 0.3) is 6.43 Å². The first-order valence-electron chi connectivity index (χ1n) is 6.31. The van der Waals surface area contributed by atoms with Gasteiger partial charge in [0.15, 0.2) is 0 Å². The van der Waals surface area contributed by atoms with Gasteiger partial charge in [-0.05, 0) is 12.5 Å². The maximum Gasteiger partial charge on any atom is 0.261 e. The van der Waals surface area contributed by atoms with E-state index in [1.165, 1.54) is 0 Å². The summed E-state index contributed by atoms with van der Waals surface area (Å²) in [4.78, 5) is 11.7. The molecule has 4 nitrogen and oxygen atoms in total. The van der Waals surface area contributed by atoms with Crippen LogP contribution in [-0.2, 0) is 15.1 Å². The molecule has 0 saturated heterocycles. The zero-order chi connectivity index (χ0) is 15.0. The first kappa shape index (κ1) is 16.5. The number of hydrogen-bond acceptors (Lipinski definition) is 3. The summed E-state index contributed by atoms with van der Waals surface area (Å²) in [5.74, 6) is -0.361. The van der Waals surface area contributed by atoms with Crippen LogP contribution in [0.3, 0.4) is 0 Å². The maximum atomic E-state index is 11.8. The lowest BCUT2D eigenvalue weighted by Crippen LogP contribution is -2.46. The summed E-state index contributed by atoms with van der Waals surface area (Å²) < 4.78 is 28.3. The number of carbonyl (C=O) groups excluding carboxylic acids is 1. The monoisotopic (exact) mass is 287 g/mol. The Morgan fingerprint density at radius 3 is 2.60 bits per heavy atom. The van der Waals surface area contributed by atoms with Gasteiger partial charge in [0.05, 0.1) is 18.8 Å². The van der Waals surface area contributed by atoms with Gasteiger partial charge in [0.2, 0.25) is 5.91 Å². The van der Waals surface area contributed by atoms with Crippen molar-refractivity contribution in [3.05, 3.63) is 35.9 Å². The summed E-state index contributed by atoms with van der Waals surface area (Å²) in [7, 11) is 0. The first-order valence-corrected chi connectivity index (χ1v) is 6.31.